The van der Waals surface area contributed by atoms with Crippen LogP contribution in [-0.4, -0.2) is 27.1 Å². The summed E-state index contributed by atoms with van der Waals surface area (Å²) >= 11 is 1.29. The number of aromatic nitrogens is 2. The zero-order valence-electron chi connectivity index (χ0n) is 17.6. The molecule has 0 spiro atoms. The largest absolute Gasteiger partial charge is 0.351 e. The molecule has 0 radical (unpaired) electrons. The molecule has 0 unspecified atom stereocenters. The minimum absolute atomic E-state index is 0.158. The monoisotopic (exact) mass is 460 g/mol. The molecule has 0 saturated heterocycles. The van der Waals surface area contributed by atoms with Crippen molar-refractivity contribution in [1.29, 1.82) is 0 Å². The van der Waals surface area contributed by atoms with Gasteiger partial charge in [-0.15, -0.1) is 0 Å². The Hall–Kier alpha value is -3.91. The van der Waals surface area contributed by atoms with Crippen molar-refractivity contribution in [3.8, 4) is 5.69 Å². The molecule has 0 saturated carbocycles. The summed E-state index contributed by atoms with van der Waals surface area (Å²) in [4.78, 5) is 29.2. The van der Waals surface area contributed by atoms with Gasteiger partial charge in [-0.3, -0.25) is 14.2 Å². The molecule has 0 aliphatic carbocycles. The number of hydrogen-bond acceptors (Lipinski definition) is 4. The summed E-state index contributed by atoms with van der Waals surface area (Å²) in [5.74, 6) is -0.506. The number of anilines is 1. The minimum Gasteiger partial charge on any atom is -0.351 e. The van der Waals surface area contributed by atoms with Crippen molar-refractivity contribution in [2.75, 3.05) is 11.1 Å². The predicted molar refractivity (Wildman–Crippen MR) is 127 cm³/mol. The third-order valence-electron chi connectivity index (χ3n) is 4.76. The maximum absolute atomic E-state index is 13.0. The standard InChI is InChI=1S/C25H21FN4O2S/c26-20-11-9-18(10-12-20)16-28-23(31)17-33-25-27-13-14-30(25)22-8-4-5-19(15-22)24(32)29-21-6-2-1-3-7-21/h1-15H,16-17H2,(H,28,31)(H,29,32). The lowest BCUT2D eigenvalue weighted by Crippen LogP contribution is -2.24. The van der Waals surface area contributed by atoms with E-state index in [1.54, 1.807) is 42.7 Å². The Bertz CT molecular complexity index is 1240. The first-order valence-electron chi connectivity index (χ1n) is 10.2. The van der Waals surface area contributed by atoms with Crippen LogP contribution in [0.2, 0.25) is 0 Å². The Balaban J connectivity index is 1.37. The summed E-state index contributed by atoms with van der Waals surface area (Å²) in [6.45, 7) is 0.326. The van der Waals surface area contributed by atoms with Gasteiger partial charge in [0.05, 0.1) is 5.75 Å². The minimum atomic E-state index is -0.311. The fourth-order valence-corrected chi connectivity index (χ4v) is 3.90. The highest BCUT2D eigenvalue weighted by atomic mass is 32.2. The van der Waals surface area contributed by atoms with Gasteiger partial charge in [-0.1, -0.05) is 48.2 Å². The van der Waals surface area contributed by atoms with E-state index in [9.17, 15) is 14.0 Å². The van der Waals surface area contributed by atoms with Gasteiger partial charge >= 0.3 is 0 Å². The molecule has 6 nitrogen and oxygen atoms in total. The number of nitrogens with zero attached hydrogens (tertiary/aromatic N) is 2. The summed E-state index contributed by atoms with van der Waals surface area (Å²) in [7, 11) is 0. The third-order valence-corrected chi connectivity index (χ3v) is 5.73. The van der Waals surface area contributed by atoms with Crippen LogP contribution in [0, 0.1) is 5.82 Å². The molecule has 0 bridgehead atoms. The van der Waals surface area contributed by atoms with E-state index >= 15 is 0 Å². The number of hydrogen-bond donors (Lipinski definition) is 2. The quantitative estimate of drug-likeness (QED) is 0.375. The molecule has 1 heterocycles. The van der Waals surface area contributed by atoms with Gasteiger partial charge in [0.1, 0.15) is 5.82 Å². The van der Waals surface area contributed by atoms with Crippen LogP contribution in [0.5, 0.6) is 0 Å². The lowest BCUT2D eigenvalue weighted by molar-refractivity contribution is -0.118. The molecular weight excluding hydrogens is 439 g/mol. The molecule has 0 fully saturated rings. The molecule has 3 aromatic carbocycles. The number of carbonyl (C=O) groups is 2. The summed E-state index contributed by atoms with van der Waals surface area (Å²) in [6, 6.07) is 22.5. The molecule has 2 amide bonds. The summed E-state index contributed by atoms with van der Waals surface area (Å²) in [6.07, 6.45) is 3.43. The van der Waals surface area contributed by atoms with E-state index < -0.39 is 0 Å². The SMILES string of the molecule is O=C(CSc1nccn1-c1cccc(C(=O)Nc2ccccc2)c1)NCc1ccc(F)cc1. The summed E-state index contributed by atoms with van der Waals surface area (Å²) < 4.78 is 14.8. The number of nitrogens with one attached hydrogen (secondary N) is 2. The van der Waals surface area contributed by atoms with Gasteiger partial charge in [-0.25, -0.2) is 9.37 Å². The fourth-order valence-electron chi connectivity index (χ4n) is 3.10. The molecule has 0 aliphatic heterocycles. The summed E-state index contributed by atoms with van der Waals surface area (Å²) in [5.41, 5.74) is 2.82. The van der Waals surface area contributed by atoms with Gasteiger partial charge < -0.3 is 10.6 Å². The Morgan fingerprint density at radius 1 is 0.970 bits per heavy atom. The summed E-state index contributed by atoms with van der Waals surface area (Å²) in [5, 5.41) is 6.32. The average molecular weight is 461 g/mol. The molecule has 2 N–H and O–H groups in total. The van der Waals surface area contributed by atoms with E-state index in [2.05, 4.69) is 15.6 Å². The Morgan fingerprint density at radius 2 is 1.76 bits per heavy atom. The highest BCUT2D eigenvalue weighted by Gasteiger charge is 2.12. The van der Waals surface area contributed by atoms with Crippen LogP contribution in [0.25, 0.3) is 5.69 Å². The Labute approximate surface area is 194 Å². The second-order valence-corrected chi connectivity index (χ2v) is 8.08. The maximum Gasteiger partial charge on any atom is 0.255 e. The normalized spacial score (nSPS) is 10.6. The van der Waals surface area contributed by atoms with Crippen LogP contribution in [0.4, 0.5) is 10.1 Å². The average Bonchev–Trinajstić information content (AvgIpc) is 3.32. The lowest BCUT2D eigenvalue weighted by atomic mass is 10.2. The number of amides is 2. The van der Waals surface area contributed by atoms with Crippen LogP contribution in [0.15, 0.2) is 96.4 Å². The molecule has 8 heteroatoms. The lowest BCUT2D eigenvalue weighted by Gasteiger charge is -2.10. The first kappa shape index (κ1) is 22.3. The van der Waals surface area contributed by atoms with E-state index in [1.807, 2.05) is 41.0 Å². The maximum atomic E-state index is 13.0. The molecule has 0 atom stereocenters. The molecule has 4 rings (SSSR count). The van der Waals surface area contributed by atoms with Gasteiger partial charge in [0, 0.05) is 35.9 Å². The highest BCUT2D eigenvalue weighted by Crippen LogP contribution is 2.21. The van der Waals surface area contributed by atoms with Crippen molar-refractivity contribution in [2.24, 2.45) is 0 Å². The number of halogens is 1. The number of rotatable bonds is 8. The molecular formula is C25H21FN4O2S. The fraction of sp³-hybridized carbons (Fsp3) is 0.0800. The van der Waals surface area contributed by atoms with Gasteiger partial charge in [0.15, 0.2) is 5.16 Å². The number of imidazole rings is 1. The van der Waals surface area contributed by atoms with Crippen molar-refractivity contribution >= 4 is 29.3 Å². The van der Waals surface area contributed by atoms with Crippen LogP contribution < -0.4 is 10.6 Å². The number of thioether (sulfide) groups is 1. The van der Waals surface area contributed by atoms with Crippen molar-refractivity contribution in [2.45, 2.75) is 11.7 Å². The van der Waals surface area contributed by atoms with E-state index in [-0.39, 0.29) is 23.4 Å². The third kappa shape index (κ3) is 6.08. The predicted octanol–water partition coefficient (Wildman–Crippen LogP) is 4.67. The van der Waals surface area contributed by atoms with E-state index in [0.29, 0.717) is 17.3 Å². The molecule has 0 aliphatic rings. The second kappa shape index (κ2) is 10.6. The van der Waals surface area contributed by atoms with E-state index in [0.717, 1.165) is 16.9 Å². The first-order chi connectivity index (χ1) is 16.1. The first-order valence-corrected chi connectivity index (χ1v) is 11.2. The molecule has 4 aromatic rings. The van der Waals surface area contributed by atoms with Gasteiger partial charge in [0.25, 0.3) is 5.91 Å². The topological polar surface area (TPSA) is 76.0 Å². The zero-order valence-corrected chi connectivity index (χ0v) is 18.4. The molecule has 166 valence electrons. The van der Waals surface area contributed by atoms with Crippen molar-refractivity contribution in [3.63, 3.8) is 0 Å². The van der Waals surface area contributed by atoms with E-state index in [4.69, 9.17) is 0 Å². The van der Waals surface area contributed by atoms with Crippen molar-refractivity contribution in [3.05, 3.63) is 108 Å². The van der Waals surface area contributed by atoms with Crippen molar-refractivity contribution < 1.29 is 14.0 Å². The van der Waals surface area contributed by atoms with Crippen LogP contribution in [0.3, 0.4) is 0 Å². The molecule has 1 aromatic heterocycles. The van der Waals surface area contributed by atoms with Crippen LogP contribution in [0.1, 0.15) is 15.9 Å². The smallest absolute Gasteiger partial charge is 0.255 e. The Kier molecular flexibility index (Phi) is 7.16. The number of carbonyl (C=O) groups excluding carboxylic acids is 2. The van der Waals surface area contributed by atoms with Gasteiger partial charge in [-0.2, -0.15) is 0 Å². The number of para-hydroxylation sites is 1. The molecule has 33 heavy (non-hydrogen) atoms. The number of benzene rings is 3. The van der Waals surface area contributed by atoms with Crippen LogP contribution >= 0.6 is 11.8 Å². The van der Waals surface area contributed by atoms with Crippen LogP contribution in [-0.2, 0) is 11.3 Å². The van der Waals surface area contributed by atoms with Gasteiger partial charge in [0.2, 0.25) is 5.91 Å². The highest BCUT2D eigenvalue weighted by molar-refractivity contribution is 7.99. The Morgan fingerprint density at radius 3 is 2.55 bits per heavy atom. The van der Waals surface area contributed by atoms with Gasteiger partial charge in [-0.05, 0) is 48.0 Å². The zero-order chi connectivity index (χ0) is 23.0. The van der Waals surface area contributed by atoms with Crippen molar-refractivity contribution in [1.82, 2.24) is 14.9 Å². The second-order valence-electron chi connectivity index (χ2n) is 7.14. The van der Waals surface area contributed by atoms with E-state index in [1.165, 1.54) is 23.9 Å².